The molecule has 0 aliphatic rings. The largest absolute Gasteiger partial charge is 0.395 e. The highest BCUT2D eigenvalue weighted by Gasteiger charge is 2.08. The molecular weight excluding hydrogens is 178 g/mol. The van der Waals surface area contributed by atoms with Gasteiger partial charge in [-0.25, -0.2) is 4.79 Å². The average Bonchev–Trinajstić information content (AvgIpc) is 2.05. The third-order valence-electron chi connectivity index (χ3n) is 1.25. The summed E-state index contributed by atoms with van der Waals surface area (Å²) in [7, 11) is 0. The number of amides is 3. The van der Waals surface area contributed by atoms with Crippen molar-refractivity contribution < 1.29 is 19.8 Å². The van der Waals surface area contributed by atoms with Crippen molar-refractivity contribution in [1.82, 2.24) is 10.6 Å². The average molecular weight is 191 g/mol. The Balaban J connectivity index is 3.62. The van der Waals surface area contributed by atoms with Gasteiger partial charge < -0.3 is 21.3 Å². The van der Waals surface area contributed by atoms with Gasteiger partial charge in [-0.1, -0.05) is 0 Å². The number of carbonyl (C=O) groups is 2. The molecule has 76 valence electrons. The van der Waals surface area contributed by atoms with Crippen molar-refractivity contribution in [3.05, 3.63) is 0 Å². The number of imide groups is 1. The van der Waals surface area contributed by atoms with E-state index in [0.717, 1.165) is 0 Å². The van der Waals surface area contributed by atoms with Gasteiger partial charge in [-0.3, -0.25) is 10.1 Å². The van der Waals surface area contributed by atoms with Gasteiger partial charge in [0.05, 0.1) is 25.8 Å². The summed E-state index contributed by atoms with van der Waals surface area (Å²) >= 11 is 0. The lowest BCUT2D eigenvalue weighted by molar-refractivity contribution is -0.119. The molecule has 0 rings (SSSR count). The third-order valence-corrected chi connectivity index (χ3v) is 1.25. The number of primary amides is 1. The Bertz CT molecular complexity index is 181. The molecule has 0 fully saturated rings. The van der Waals surface area contributed by atoms with Gasteiger partial charge >= 0.3 is 6.03 Å². The first kappa shape index (κ1) is 11.8. The van der Waals surface area contributed by atoms with Crippen LogP contribution in [-0.2, 0) is 4.79 Å². The van der Waals surface area contributed by atoms with Crippen LogP contribution >= 0.6 is 0 Å². The predicted molar refractivity (Wildman–Crippen MR) is 43.7 cm³/mol. The molecule has 13 heavy (non-hydrogen) atoms. The molecule has 0 saturated heterocycles. The van der Waals surface area contributed by atoms with Crippen molar-refractivity contribution in [3.8, 4) is 0 Å². The summed E-state index contributed by atoms with van der Waals surface area (Å²) in [6.45, 7) is -0.768. The lowest BCUT2D eigenvalue weighted by atomic mass is 10.3. The van der Waals surface area contributed by atoms with Crippen molar-refractivity contribution in [2.75, 3.05) is 19.8 Å². The van der Waals surface area contributed by atoms with Gasteiger partial charge in [-0.2, -0.15) is 0 Å². The molecular formula is C6H13N3O4. The number of carbonyl (C=O) groups excluding carboxylic acids is 2. The lowest BCUT2D eigenvalue weighted by Crippen LogP contribution is -2.45. The zero-order valence-corrected chi connectivity index (χ0v) is 6.99. The Hall–Kier alpha value is -1.18. The molecule has 7 heteroatoms. The monoisotopic (exact) mass is 191 g/mol. The van der Waals surface area contributed by atoms with Crippen molar-refractivity contribution in [1.29, 1.82) is 0 Å². The molecule has 7 nitrogen and oxygen atoms in total. The van der Waals surface area contributed by atoms with Crippen molar-refractivity contribution in [3.63, 3.8) is 0 Å². The summed E-state index contributed by atoms with van der Waals surface area (Å²) in [5, 5.41) is 21.5. The molecule has 0 aliphatic carbocycles. The number of rotatable bonds is 5. The smallest absolute Gasteiger partial charge is 0.318 e. The number of hydrogen-bond acceptors (Lipinski definition) is 5. The maximum absolute atomic E-state index is 10.8. The molecule has 6 N–H and O–H groups in total. The fourth-order valence-electron chi connectivity index (χ4n) is 0.605. The van der Waals surface area contributed by atoms with Crippen LogP contribution < -0.4 is 16.4 Å². The van der Waals surface area contributed by atoms with Crippen LogP contribution in [0.4, 0.5) is 4.79 Å². The van der Waals surface area contributed by atoms with Crippen molar-refractivity contribution in [2.45, 2.75) is 6.04 Å². The maximum atomic E-state index is 10.8. The standard InChI is InChI=1S/C6H13N3O4/c7-6(13)9-5(12)1-8-4(2-10)3-11/h4,8,10-11H,1-3H2,(H3,7,9,12,13). The second-order valence-corrected chi connectivity index (χ2v) is 2.36. The van der Waals surface area contributed by atoms with E-state index >= 15 is 0 Å². The molecule has 0 saturated carbocycles. The SMILES string of the molecule is NC(=O)NC(=O)CNC(CO)CO. The number of urea groups is 1. The molecule has 0 unspecified atom stereocenters. The summed E-state index contributed by atoms with van der Waals surface area (Å²) in [5.41, 5.74) is 4.67. The van der Waals surface area contributed by atoms with E-state index in [0.29, 0.717) is 0 Å². The molecule has 0 aromatic heterocycles. The maximum Gasteiger partial charge on any atom is 0.318 e. The summed E-state index contributed by atoms with van der Waals surface area (Å²) in [5.74, 6) is -0.612. The van der Waals surface area contributed by atoms with Crippen LogP contribution in [0.3, 0.4) is 0 Å². The van der Waals surface area contributed by atoms with Gasteiger partial charge in [0.2, 0.25) is 5.91 Å². The fourth-order valence-corrected chi connectivity index (χ4v) is 0.605. The minimum absolute atomic E-state index is 0.186. The Morgan fingerprint density at radius 2 is 1.85 bits per heavy atom. The number of aliphatic hydroxyl groups excluding tert-OH is 2. The summed E-state index contributed by atoms with van der Waals surface area (Å²) in [4.78, 5) is 20.9. The van der Waals surface area contributed by atoms with E-state index < -0.39 is 18.0 Å². The van der Waals surface area contributed by atoms with Crippen LogP contribution in [0.25, 0.3) is 0 Å². The van der Waals surface area contributed by atoms with E-state index in [4.69, 9.17) is 10.2 Å². The van der Waals surface area contributed by atoms with E-state index in [1.54, 1.807) is 0 Å². The highest BCUT2D eigenvalue weighted by Crippen LogP contribution is 1.77. The van der Waals surface area contributed by atoms with Gasteiger partial charge in [-0.05, 0) is 0 Å². The summed E-state index contributed by atoms with van der Waals surface area (Å²) in [6.07, 6.45) is 0. The highest BCUT2D eigenvalue weighted by molar-refractivity contribution is 5.94. The first-order chi connectivity index (χ1) is 6.10. The molecule has 0 atom stereocenters. The van der Waals surface area contributed by atoms with Gasteiger partial charge in [0.15, 0.2) is 0 Å². The van der Waals surface area contributed by atoms with Crippen molar-refractivity contribution in [2.24, 2.45) is 5.73 Å². The lowest BCUT2D eigenvalue weighted by Gasteiger charge is -2.11. The zero-order valence-electron chi connectivity index (χ0n) is 6.99. The Morgan fingerprint density at radius 1 is 1.31 bits per heavy atom. The Labute approximate surface area is 74.9 Å². The van der Waals surface area contributed by atoms with E-state index in [1.165, 1.54) is 0 Å². The molecule has 0 aliphatic heterocycles. The third kappa shape index (κ3) is 6.02. The second kappa shape index (κ2) is 6.35. The Morgan fingerprint density at radius 3 is 2.23 bits per heavy atom. The second-order valence-electron chi connectivity index (χ2n) is 2.36. The fraction of sp³-hybridized carbons (Fsp3) is 0.667. The molecule has 0 aromatic carbocycles. The topological polar surface area (TPSA) is 125 Å². The van der Waals surface area contributed by atoms with Gasteiger partial charge in [0.1, 0.15) is 0 Å². The molecule has 0 radical (unpaired) electrons. The van der Waals surface area contributed by atoms with Crippen LogP contribution in [0.15, 0.2) is 0 Å². The van der Waals surface area contributed by atoms with Crippen LogP contribution in [0.1, 0.15) is 0 Å². The number of nitrogens with two attached hydrogens (primary N) is 1. The van der Waals surface area contributed by atoms with E-state index in [9.17, 15) is 9.59 Å². The van der Waals surface area contributed by atoms with E-state index in [2.05, 4.69) is 11.1 Å². The number of aliphatic hydroxyl groups is 2. The van der Waals surface area contributed by atoms with Crippen LogP contribution in [0.2, 0.25) is 0 Å². The first-order valence-corrected chi connectivity index (χ1v) is 3.64. The predicted octanol–water partition coefficient (Wildman–Crippen LogP) is -2.88. The molecule has 0 heterocycles. The van der Waals surface area contributed by atoms with Gasteiger partial charge in [0.25, 0.3) is 0 Å². The summed E-state index contributed by atoms with van der Waals surface area (Å²) < 4.78 is 0. The zero-order chi connectivity index (χ0) is 10.3. The number of nitrogens with one attached hydrogen (secondary N) is 2. The number of hydrogen-bond donors (Lipinski definition) is 5. The van der Waals surface area contributed by atoms with Crippen LogP contribution in [0.5, 0.6) is 0 Å². The summed E-state index contributed by atoms with van der Waals surface area (Å²) in [6, 6.07) is -1.50. The first-order valence-electron chi connectivity index (χ1n) is 3.64. The van der Waals surface area contributed by atoms with E-state index in [1.807, 2.05) is 5.32 Å². The van der Waals surface area contributed by atoms with Crippen LogP contribution in [-0.4, -0.2) is 48.0 Å². The minimum atomic E-state index is -0.934. The normalized spacial score (nSPS) is 10.1. The highest BCUT2D eigenvalue weighted by atomic mass is 16.3. The molecule has 0 bridgehead atoms. The molecule has 0 aromatic rings. The van der Waals surface area contributed by atoms with Gasteiger partial charge in [0, 0.05) is 0 Å². The quantitative estimate of drug-likeness (QED) is 0.319. The minimum Gasteiger partial charge on any atom is -0.395 e. The molecule has 0 spiro atoms. The van der Waals surface area contributed by atoms with E-state index in [-0.39, 0.29) is 19.8 Å². The van der Waals surface area contributed by atoms with Crippen molar-refractivity contribution >= 4 is 11.9 Å². The Kier molecular flexibility index (Phi) is 5.77. The van der Waals surface area contributed by atoms with Crippen LogP contribution in [0, 0.1) is 0 Å². The van der Waals surface area contributed by atoms with Gasteiger partial charge in [-0.15, -0.1) is 0 Å². The molecule has 3 amide bonds.